The van der Waals surface area contributed by atoms with Crippen molar-refractivity contribution in [3.63, 3.8) is 0 Å². The second-order valence-electron chi connectivity index (χ2n) is 5.90. The number of aromatic nitrogens is 2. The summed E-state index contributed by atoms with van der Waals surface area (Å²) in [5, 5.41) is 4.53. The van der Waals surface area contributed by atoms with Crippen molar-refractivity contribution < 1.29 is 9.47 Å². The molecule has 1 aromatic heterocycles. The summed E-state index contributed by atoms with van der Waals surface area (Å²) in [6, 6.07) is 13.9. The van der Waals surface area contributed by atoms with E-state index in [4.69, 9.17) is 9.47 Å². The van der Waals surface area contributed by atoms with E-state index in [2.05, 4.69) is 27.1 Å². The second-order valence-corrected chi connectivity index (χ2v) is 5.90. The van der Waals surface area contributed by atoms with Crippen LogP contribution in [0.3, 0.4) is 0 Å². The summed E-state index contributed by atoms with van der Waals surface area (Å²) in [7, 11) is 7.27. The number of methoxy groups -OCH3 is 2. The van der Waals surface area contributed by atoms with Gasteiger partial charge in [-0.15, -0.1) is 0 Å². The lowest BCUT2D eigenvalue weighted by Gasteiger charge is -2.11. The lowest BCUT2D eigenvalue weighted by Crippen LogP contribution is -2.08. The van der Waals surface area contributed by atoms with Crippen LogP contribution in [0.4, 0.5) is 5.69 Å². The van der Waals surface area contributed by atoms with E-state index in [1.165, 1.54) is 0 Å². The number of hydrogen-bond donors (Lipinski definition) is 0. The Kier molecular flexibility index (Phi) is 5.22. The van der Waals surface area contributed by atoms with Gasteiger partial charge in [0, 0.05) is 37.7 Å². The fourth-order valence-electron chi connectivity index (χ4n) is 2.56. The van der Waals surface area contributed by atoms with E-state index in [0.717, 1.165) is 22.6 Å². The quantitative estimate of drug-likeness (QED) is 0.638. The molecular weight excluding hydrogens is 328 g/mol. The van der Waals surface area contributed by atoms with Crippen LogP contribution in [-0.4, -0.2) is 44.2 Å². The Bertz CT molecular complexity index is 898. The number of rotatable bonds is 6. The molecule has 0 aliphatic rings. The number of benzene rings is 2. The Labute approximate surface area is 153 Å². The molecule has 3 rings (SSSR count). The molecule has 1 heterocycles. The Morgan fingerprint density at radius 3 is 2.38 bits per heavy atom. The summed E-state index contributed by atoms with van der Waals surface area (Å²) in [5.74, 6) is 2.06. The SMILES string of the molecule is COc1ccc(-c2nccn2N=Cc2ccc(N(C)C)cc2)cc1OC. The molecule has 3 aromatic rings. The van der Waals surface area contributed by atoms with Crippen molar-refractivity contribution in [2.75, 3.05) is 33.2 Å². The molecule has 0 spiro atoms. The summed E-state index contributed by atoms with van der Waals surface area (Å²) in [5.41, 5.74) is 3.06. The molecule has 0 aliphatic heterocycles. The predicted molar refractivity (Wildman–Crippen MR) is 105 cm³/mol. The van der Waals surface area contributed by atoms with Gasteiger partial charge in [-0.1, -0.05) is 12.1 Å². The molecule has 134 valence electrons. The van der Waals surface area contributed by atoms with Gasteiger partial charge in [-0.25, -0.2) is 9.66 Å². The van der Waals surface area contributed by atoms with Gasteiger partial charge in [-0.3, -0.25) is 0 Å². The molecular formula is C20H22N4O2. The summed E-state index contributed by atoms with van der Waals surface area (Å²) in [4.78, 5) is 6.47. The van der Waals surface area contributed by atoms with E-state index in [1.54, 1.807) is 25.1 Å². The maximum Gasteiger partial charge on any atom is 0.161 e. The van der Waals surface area contributed by atoms with Gasteiger partial charge in [0.25, 0.3) is 0 Å². The standard InChI is InChI=1S/C20H22N4O2/c1-23(2)17-8-5-15(6-9-17)14-22-24-12-11-21-20(24)16-7-10-18(25-3)19(13-16)26-4/h5-14H,1-4H3. The summed E-state index contributed by atoms with van der Waals surface area (Å²) >= 11 is 0. The molecule has 6 nitrogen and oxygen atoms in total. The maximum atomic E-state index is 5.37. The van der Waals surface area contributed by atoms with Crippen LogP contribution in [0.2, 0.25) is 0 Å². The van der Waals surface area contributed by atoms with E-state index < -0.39 is 0 Å². The van der Waals surface area contributed by atoms with E-state index in [-0.39, 0.29) is 0 Å². The Balaban J connectivity index is 1.87. The lowest BCUT2D eigenvalue weighted by atomic mass is 10.2. The minimum absolute atomic E-state index is 0.655. The highest BCUT2D eigenvalue weighted by atomic mass is 16.5. The zero-order valence-electron chi connectivity index (χ0n) is 15.4. The predicted octanol–water partition coefficient (Wildman–Crippen LogP) is 3.52. The van der Waals surface area contributed by atoms with Crippen molar-refractivity contribution in [3.05, 3.63) is 60.4 Å². The third-order valence-electron chi connectivity index (χ3n) is 4.00. The van der Waals surface area contributed by atoms with Gasteiger partial charge < -0.3 is 14.4 Å². The van der Waals surface area contributed by atoms with Crippen LogP contribution in [0.1, 0.15) is 5.56 Å². The van der Waals surface area contributed by atoms with Crippen molar-refractivity contribution in [3.8, 4) is 22.9 Å². The fraction of sp³-hybridized carbons (Fsp3) is 0.200. The zero-order chi connectivity index (χ0) is 18.5. The van der Waals surface area contributed by atoms with Gasteiger partial charge in [-0.2, -0.15) is 5.10 Å². The van der Waals surface area contributed by atoms with Crippen molar-refractivity contribution in [2.24, 2.45) is 5.10 Å². The molecule has 0 N–H and O–H groups in total. The van der Waals surface area contributed by atoms with E-state index in [0.29, 0.717) is 11.5 Å². The van der Waals surface area contributed by atoms with E-state index in [1.807, 2.05) is 56.8 Å². The van der Waals surface area contributed by atoms with Gasteiger partial charge in [-0.05, 0) is 35.9 Å². The molecule has 0 saturated carbocycles. The van der Waals surface area contributed by atoms with Crippen LogP contribution in [-0.2, 0) is 0 Å². The number of nitrogens with zero attached hydrogens (tertiary/aromatic N) is 4. The second kappa shape index (κ2) is 7.74. The number of hydrogen-bond acceptors (Lipinski definition) is 5. The lowest BCUT2D eigenvalue weighted by molar-refractivity contribution is 0.355. The molecule has 0 radical (unpaired) electrons. The minimum atomic E-state index is 0.655. The molecule has 0 saturated heterocycles. The Morgan fingerprint density at radius 1 is 1.00 bits per heavy atom. The molecule has 0 aliphatic carbocycles. The summed E-state index contributed by atoms with van der Waals surface area (Å²) < 4.78 is 12.4. The summed E-state index contributed by atoms with van der Waals surface area (Å²) in [6.07, 6.45) is 5.35. The average molecular weight is 350 g/mol. The van der Waals surface area contributed by atoms with Crippen LogP contribution in [0.25, 0.3) is 11.4 Å². The maximum absolute atomic E-state index is 5.37. The van der Waals surface area contributed by atoms with Gasteiger partial charge in [0.1, 0.15) is 0 Å². The molecule has 0 atom stereocenters. The summed E-state index contributed by atoms with van der Waals surface area (Å²) in [6.45, 7) is 0. The van der Waals surface area contributed by atoms with Crippen LogP contribution in [0.5, 0.6) is 11.5 Å². The minimum Gasteiger partial charge on any atom is -0.493 e. The Morgan fingerprint density at radius 2 is 1.73 bits per heavy atom. The molecule has 0 fully saturated rings. The molecule has 6 heteroatoms. The highest BCUT2D eigenvalue weighted by Gasteiger charge is 2.10. The molecule has 0 amide bonds. The molecule has 0 bridgehead atoms. The van der Waals surface area contributed by atoms with Gasteiger partial charge >= 0.3 is 0 Å². The normalized spacial score (nSPS) is 10.9. The third kappa shape index (κ3) is 3.69. The van der Waals surface area contributed by atoms with Gasteiger partial charge in [0.05, 0.1) is 20.4 Å². The monoisotopic (exact) mass is 350 g/mol. The van der Waals surface area contributed by atoms with Crippen LogP contribution in [0, 0.1) is 0 Å². The zero-order valence-corrected chi connectivity index (χ0v) is 15.4. The smallest absolute Gasteiger partial charge is 0.161 e. The highest BCUT2D eigenvalue weighted by molar-refractivity contribution is 5.80. The highest BCUT2D eigenvalue weighted by Crippen LogP contribution is 2.31. The van der Waals surface area contributed by atoms with Crippen molar-refractivity contribution >= 4 is 11.9 Å². The number of imidazole rings is 1. The van der Waals surface area contributed by atoms with Crippen molar-refractivity contribution in [2.45, 2.75) is 0 Å². The first-order valence-electron chi connectivity index (χ1n) is 8.20. The molecule has 0 unspecified atom stereocenters. The number of ether oxygens (including phenoxy) is 2. The van der Waals surface area contributed by atoms with Crippen LogP contribution in [0.15, 0.2) is 60.0 Å². The molecule has 26 heavy (non-hydrogen) atoms. The first kappa shape index (κ1) is 17.5. The first-order chi connectivity index (χ1) is 12.6. The largest absolute Gasteiger partial charge is 0.493 e. The Hall–Kier alpha value is -3.28. The van der Waals surface area contributed by atoms with E-state index >= 15 is 0 Å². The average Bonchev–Trinajstić information content (AvgIpc) is 3.14. The topological polar surface area (TPSA) is 51.9 Å². The number of anilines is 1. The van der Waals surface area contributed by atoms with E-state index in [9.17, 15) is 0 Å². The van der Waals surface area contributed by atoms with Crippen molar-refractivity contribution in [1.29, 1.82) is 0 Å². The van der Waals surface area contributed by atoms with Crippen molar-refractivity contribution in [1.82, 2.24) is 9.66 Å². The first-order valence-corrected chi connectivity index (χ1v) is 8.20. The fourth-order valence-corrected chi connectivity index (χ4v) is 2.56. The van der Waals surface area contributed by atoms with Crippen LogP contribution >= 0.6 is 0 Å². The van der Waals surface area contributed by atoms with Gasteiger partial charge in [0.2, 0.25) is 0 Å². The third-order valence-corrected chi connectivity index (χ3v) is 4.00. The van der Waals surface area contributed by atoms with Crippen LogP contribution < -0.4 is 14.4 Å². The molecule has 2 aromatic carbocycles. The van der Waals surface area contributed by atoms with Gasteiger partial charge in [0.15, 0.2) is 17.3 Å².